The Morgan fingerprint density at radius 3 is 1.76 bits per heavy atom. The van der Waals surface area contributed by atoms with Crippen LogP contribution in [0.3, 0.4) is 0 Å². The Labute approximate surface area is 195 Å². The van der Waals surface area contributed by atoms with Gasteiger partial charge in [-0.1, -0.05) is 108 Å². The van der Waals surface area contributed by atoms with Gasteiger partial charge in [0.05, 0.1) is 11.4 Å². The monoisotopic (exact) mass is 426 g/mol. The van der Waals surface area contributed by atoms with Gasteiger partial charge in [0.1, 0.15) is 5.82 Å². The molecule has 0 amide bonds. The summed E-state index contributed by atoms with van der Waals surface area (Å²) in [6.45, 7) is 4.23. The summed E-state index contributed by atoms with van der Waals surface area (Å²) in [5.41, 5.74) is 10.1. The number of aryl methyl sites for hydroxylation is 2. The predicted octanol–water partition coefficient (Wildman–Crippen LogP) is 7.95. The van der Waals surface area contributed by atoms with Gasteiger partial charge < -0.3 is 4.98 Å². The Bertz CT molecular complexity index is 1370. The largest absolute Gasteiger partial charge is 0.338 e. The van der Waals surface area contributed by atoms with Gasteiger partial charge in [0, 0.05) is 11.1 Å². The first-order valence-corrected chi connectivity index (χ1v) is 11.2. The molecule has 0 aliphatic carbocycles. The average Bonchev–Trinajstić information content (AvgIpc) is 3.28. The standard InChI is InChI=1S/C31H26N2/c1-22-11-9-17-26(19-22)30-29(32-31(33-30)27-18-10-12-23(2)20-27)21-28(24-13-5-3-6-14-24)25-15-7-4-8-16-25/h3-21H,1-2H3,(H,32,33). The molecule has 2 nitrogen and oxygen atoms in total. The van der Waals surface area contributed by atoms with Crippen molar-refractivity contribution in [2.75, 3.05) is 0 Å². The summed E-state index contributed by atoms with van der Waals surface area (Å²) in [7, 11) is 0. The molecule has 2 heteroatoms. The SMILES string of the molecule is Cc1cccc(-c2nc(-c3cccc(C)c3)c(C=C(c3ccccc3)c3ccccc3)[nH]2)c1. The van der Waals surface area contributed by atoms with Crippen LogP contribution in [0.15, 0.2) is 109 Å². The fraction of sp³-hybridized carbons (Fsp3) is 0.0645. The molecule has 1 N–H and O–H groups in total. The van der Waals surface area contributed by atoms with E-state index >= 15 is 0 Å². The molecular weight excluding hydrogens is 400 g/mol. The van der Waals surface area contributed by atoms with Gasteiger partial charge in [-0.2, -0.15) is 0 Å². The van der Waals surface area contributed by atoms with Crippen LogP contribution in [0.25, 0.3) is 34.3 Å². The third kappa shape index (κ3) is 4.56. The summed E-state index contributed by atoms with van der Waals surface area (Å²) < 4.78 is 0. The molecule has 1 aromatic heterocycles. The molecule has 0 unspecified atom stereocenters. The van der Waals surface area contributed by atoms with Crippen molar-refractivity contribution in [2.24, 2.45) is 0 Å². The molecule has 0 spiro atoms. The predicted molar refractivity (Wildman–Crippen MR) is 139 cm³/mol. The molecule has 0 saturated carbocycles. The van der Waals surface area contributed by atoms with Gasteiger partial charge >= 0.3 is 0 Å². The van der Waals surface area contributed by atoms with Crippen molar-refractivity contribution in [3.63, 3.8) is 0 Å². The molecule has 4 aromatic carbocycles. The van der Waals surface area contributed by atoms with Crippen molar-refractivity contribution >= 4 is 11.6 Å². The van der Waals surface area contributed by atoms with Crippen LogP contribution in [0, 0.1) is 13.8 Å². The van der Waals surface area contributed by atoms with E-state index in [1.807, 2.05) is 0 Å². The third-order valence-corrected chi connectivity index (χ3v) is 5.77. The zero-order valence-electron chi connectivity index (χ0n) is 18.9. The number of aromatic amines is 1. The Kier molecular flexibility index (Phi) is 5.73. The van der Waals surface area contributed by atoms with E-state index in [0.29, 0.717) is 0 Å². The molecule has 0 bridgehead atoms. The first-order valence-electron chi connectivity index (χ1n) is 11.2. The fourth-order valence-corrected chi connectivity index (χ4v) is 4.15. The van der Waals surface area contributed by atoms with Crippen molar-refractivity contribution < 1.29 is 0 Å². The van der Waals surface area contributed by atoms with Crippen molar-refractivity contribution in [2.45, 2.75) is 13.8 Å². The summed E-state index contributed by atoms with van der Waals surface area (Å²) >= 11 is 0. The number of nitrogens with one attached hydrogen (secondary N) is 1. The first kappa shape index (κ1) is 20.7. The highest BCUT2D eigenvalue weighted by Gasteiger charge is 2.15. The molecule has 0 saturated heterocycles. The lowest BCUT2D eigenvalue weighted by Gasteiger charge is -2.09. The molecule has 5 aromatic rings. The number of benzene rings is 4. The number of nitrogens with zero attached hydrogens (tertiary/aromatic N) is 1. The van der Waals surface area contributed by atoms with Crippen LogP contribution in [0.5, 0.6) is 0 Å². The van der Waals surface area contributed by atoms with Crippen LogP contribution in [0.1, 0.15) is 27.9 Å². The lowest BCUT2D eigenvalue weighted by Crippen LogP contribution is -1.90. The van der Waals surface area contributed by atoms with Crippen molar-refractivity contribution in [1.82, 2.24) is 9.97 Å². The minimum absolute atomic E-state index is 0.877. The number of imidazole rings is 1. The molecule has 1 heterocycles. The summed E-state index contributed by atoms with van der Waals surface area (Å²) in [6, 6.07) is 38.0. The van der Waals surface area contributed by atoms with Crippen LogP contribution in [-0.4, -0.2) is 9.97 Å². The van der Waals surface area contributed by atoms with Crippen molar-refractivity contribution in [3.05, 3.63) is 137 Å². The van der Waals surface area contributed by atoms with Gasteiger partial charge in [0.15, 0.2) is 0 Å². The Balaban J connectivity index is 1.73. The normalized spacial score (nSPS) is 10.7. The van der Waals surface area contributed by atoms with E-state index in [1.54, 1.807) is 0 Å². The Morgan fingerprint density at radius 1 is 0.636 bits per heavy atom. The van der Waals surface area contributed by atoms with Gasteiger partial charge in [-0.05, 0) is 48.8 Å². The minimum atomic E-state index is 0.877. The summed E-state index contributed by atoms with van der Waals surface area (Å²) in [6.07, 6.45) is 2.23. The Morgan fingerprint density at radius 2 is 1.18 bits per heavy atom. The van der Waals surface area contributed by atoms with Crippen LogP contribution in [-0.2, 0) is 0 Å². The van der Waals surface area contributed by atoms with E-state index < -0.39 is 0 Å². The van der Waals surface area contributed by atoms with Gasteiger partial charge in [-0.3, -0.25) is 0 Å². The first-order chi connectivity index (χ1) is 16.2. The Hall–Kier alpha value is -4.17. The second-order valence-corrected chi connectivity index (χ2v) is 8.38. The molecule has 0 fully saturated rings. The molecule has 0 aliphatic heterocycles. The summed E-state index contributed by atoms with van der Waals surface area (Å²) in [5.74, 6) is 0.877. The fourth-order valence-electron chi connectivity index (χ4n) is 4.15. The van der Waals surface area contributed by atoms with Crippen LogP contribution in [0.4, 0.5) is 0 Å². The maximum Gasteiger partial charge on any atom is 0.138 e. The van der Waals surface area contributed by atoms with E-state index in [0.717, 1.165) is 33.9 Å². The molecule has 160 valence electrons. The number of H-pyrrole nitrogens is 1. The van der Waals surface area contributed by atoms with Crippen molar-refractivity contribution in [3.8, 4) is 22.6 Å². The topological polar surface area (TPSA) is 28.7 Å². The second-order valence-electron chi connectivity index (χ2n) is 8.38. The molecule has 0 atom stereocenters. The minimum Gasteiger partial charge on any atom is -0.338 e. The molecule has 33 heavy (non-hydrogen) atoms. The van der Waals surface area contributed by atoms with E-state index in [-0.39, 0.29) is 0 Å². The van der Waals surface area contributed by atoms with E-state index in [1.165, 1.54) is 22.3 Å². The highest BCUT2D eigenvalue weighted by molar-refractivity contribution is 5.93. The van der Waals surface area contributed by atoms with Gasteiger partial charge in [0.25, 0.3) is 0 Å². The molecule has 0 radical (unpaired) electrons. The van der Waals surface area contributed by atoms with Gasteiger partial charge in [0.2, 0.25) is 0 Å². The average molecular weight is 427 g/mol. The molecule has 0 aliphatic rings. The number of hydrogen-bond donors (Lipinski definition) is 1. The van der Waals surface area contributed by atoms with Crippen LogP contribution >= 0.6 is 0 Å². The van der Waals surface area contributed by atoms with Crippen LogP contribution in [0.2, 0.25) is 0 Å². The second kappa shape index (κ2) is 9.13. The quantitative estimate of drug-likeness (QED) is 0.303. The maximum atomic E-state index is 5.07. The molecular formula is C31H26N2. The summed E-state index contributed by atoms with van der Waals surface area (Å²) in [5, 5.41) is 0. The zero-order valence-corrected chi connectivity index (χ0v) is 18.9. The lowest BCUT2D eigenvalue weighted by atomic mass is 9.96. The molecule has 5 rings (SSSR count). The van der Waals surface area contributed by atoms with E-state index in [9.17, 15) is 0 Å². The van der Waals surface area contributed by atoms with Gasteiger partial charge in [-0.25, -0.2) is 4.98 Å². The third-order valence-electron chi connectivity index (χ3n) is 5.77. The lowest BCUT2D eigenvalue weighted by molar-refractivity contribution is 1.29. The maximum absolute atomic E-state index is 5.07. The van der Waals surface area contributed by atoms with Crippen molar-refractivity contribution in [1.29, 1.82) is 0 Å². The van der Waals surface area contributed by atoms with Crippen LogP contribution < -0.4 is 0 Å². The highest BCUT2D eigenvalue weighted by atomic mass is 14.9. The number of aromatic nitrogens is 2. The zero-order chi connectivity index (χ0) is 22.6. The van der Waals surface area contributed by atoms with E-state index in [4.69, 9.17) is 4.98 Å². The van der Waals surface area contributed by atoms with Gasteiger partial charge in [-0.15, -0.1) is 0 Å². The summed E-state index contributed by atoms with van der Waals surface area (Å²) in [4.78, 5) is 8.70. The number of hydrogen-bond acceptors (Lipinski definition) is 1. The number of rotatable bonds is 5. The smallest absolute Gasteiger partial charge is 0.138 e. The highest BCUT2D eigenvalue weighted by Crippen LogP contribution is 2.32. The van der Waals surface area contributed by atoms with E-state index in [2.05, 4.69) is 134 Å².